The summed E-state index contributed by atoms with van der Waals surface area (Å²) in [5.41, 5.74) is 0.321. The van der Waals surface area contributed by atoms with Gasteiger partial charge in [-0.25, -0.2) is 9.78 Å². The lowest BCUT2D eigenvalue weighted by atomic mass is 10.0. The minimum atomic E-state index is -0.664. The highest BCUT2D eigenvalue weighted by molar-refractivity contribution is 7.99. The smallest absolute Gasteiger partial charge is 0.328 e. The highest BCUT2D eigenvalue weighted by atomic mass is 32.2. The number of carbonyl (C=O) groups is 2. The molecule has 0 aliphatic rings. The molecule has 122 valence electrons. The first-order valence-electron chi connectivity index (χ1n) is 6.89. The third-order valence-corrected chi connectivity index (χ3v) is 3.59. The number of aromatic amines is 1. The van der Waals surface area contributed by atoms with Crippen LogP contribution < -0.4 is 10.9 Å². The number of carbonyl (C=O) groups excluding carboxylic acids is 2. The van der Waals surface area contributed by atoms with Crippen molar-refractivity contribution in [1.82, 2.24) is 15.3 Å². The fraction of sp³-hybridized carbons (Fsp3) is 0.571. The Hall–Kier alpha value is -1.83. The average molecular weight is 327 g/mol. The number of ether oxygens (including phenoxy) is 1. The van der Waals surface area contributed by atoms with Gasteiger partial charge in [-0.1, -0.05) is 25.6 Å². The van der Waals surface area contributed by atoms with Crippen LogP contribution in [0.2, 0.25) is 0 Å². The molecule has 1 aromatic heterocycles. The van der Waals surface area contributed by atoms with Crippen LogP contribution in [0.25, 0.3) is 0 Å². The van der Waals surface area contributed by atoms with Gasteiger partial charge in [0.05, 0.1) is 12.9 Å². The second kappa shape index (κ2) is 8.57. The van der Waals surface area contributed by atoms with Crippen molar-refractivity contribution >= 4 is 23.6 Å². The molecule has 7 nitrogen and oxygen atoms in total. The van der Waals surface area contributed by atoms with Crippen molar-refractivity contribution in [3.63, 3.8) is 0 Å². The lowest BCUT2D eigenvalue weighted by molar-refractivity contribution is -0.145. The zero-order valence-corrected chi connectivity index (χ0v) is 14.0. The first-order chi connectivity index (χ1) is 10.3. The molecule has 0 aliphatic heterocycles. The molecule has 1 heterocycles. The van der Waals surface area contributed by atoms with Crippen molar-refractivity contribution in [3.05, 3.63) is 22.1 Å². The van der Waals surface area contributed by atoms with Crippen LogP contribution in [0.15, 0.2) is 16.0 Å². The molecule has 1 aromatic rings. The van der Waals surface area contributed by atoms with Crippen LogP contribution in [0.3, 0.4) is 0 Å². The van der Waals surface area contributed by atoms with Gasteiger partial charge in [0, 0.05) is 11.8 Å². The van der Waals surface area contributed by atoms with Gasteiger partial charge in [-0.15, -0.1) is 0 Å². The summed E-state index contributed by atoms with van der Waals surface area (Å²) in [6, 6.07) is 0.711. The van der Waals surface area contributed by atoms with E-state index in [1.54, 1.807) is 6.92 Å². The number of nitrogens with one attached hydrogen (secondary N) is 2. The van der Waals surface area contributed by atoms with Gasteiger partial charge in [0.1, 0.15) is 6.04 Å². The number of rotatable bonds is 7. The molecule has 1 atom stereocenters. The summed E-state index contributed by atoms with van der Waals surface area (Å²) in [6.07, 6.45) is 0.503. The van der Waals surface area contributed by atoms with E-state index in [4.69, 9.17) is 0 Å². The molecule has 1 rings (SSSR count). The van der Waals surface area contributed by atoms with E-state index in [0.29, 0.717) is 17.3 Å². The molecule has 0 aliphatic carbocycles. The van der Waals surface area contributed by atoms with Gasteiger partial charge in [-0.3, -0.25) is 9.59 Å². The Labute approximate surface area is 133 Å². The van der Waals surface area contributed by atoms with Crippen LogP contribution in [0.5, 0.6) is 0 Å². The van der Waals surface area contributed by atoms with Crippen molar-refractivity contribution in [3.8, 4) is 0 Å². The van der Waals surface area contributed by atoms with Gasteiger partial charge >= 0.3 is 5.97 Å². The fourth-order valence-corrected chi connectivity index (χ4v) is 2.55. The van der Waals surface area contributed by atoms with Crippen molar-refractivity contribution in [2.75, 3.05) is 12.9 Å². The zero-order chi connectivity index (χ0) is 16.7. The van der Waals surface area contributed by atoms with Gasteiger partial charge in [0.25, 0.3) is 5.56 Å². The SMILES string of the molecule is COC(=O)[C@@H](CC(C)C)NC(=O)CSc1nc(C)cc(=O)[nH]1. The Kier molecular flexibility index (Phi) is 7.10. The van der Waals surface area contributed by atoms with Gasteiger partial charge in [-0.05, 0) is 19.3 Å². The summed E-state index contributed by atoms with van der Waals surface area (Å²) in [5, 5.41) is 3.02. The predicted molar refractivity (Wildman–Crippen MR) is 83.7 cm³/mol. The number of aryl methyl sites for hydroxylation is 1. The summed E-state index contributed by atoms with van der Waals surface area (Å²) >= 11 is 1.11. The Morgan fingerprint density at radius 3 is 2.68 bits per heavy atom. The van der Waals surface area contributed by atoms with E-state index in [0.717, 1.165) is 11.8 Å². The number of H-pyrrole nitrogens is 1. The maximum atomic E-state index is 11.9. The minimum Gasteiger partial charge on any atom is -0.467 e. The number of amides is 1. The van der Waals surface area contributed by atoms with Crippen molar-refractivity contribution in [1.29, 1.82) is 0 Å². The average Bonchev–Trinajstić information content (AvgIpc) is 2.42. The van der Waals surface area contributed by atoms with E-state index in [1.807, 2.05) is 13.8 Å². The van der Waals surface area contributed by atoms with Crippen LogP contribution in [0, 0.1) is 12.8 Å². The third-order valence-electron chi connectivity index (χ3n) is 2.72. The standard InChI is InChI=1S/C14H21N3O4S/c1-8(2)5-10(13(20)21-4)16-12(19)7-22-14-15-9(3)6-11(18)17-14/h6,8,10H,5,7H2,1-4H3,(H,16,19)(H,15,17,18)/t10-/m1/s1. The van der Waals surface area contributed by atoms with E-state index in [1.165, 1.54) is 13.2 Å². The summed E-state index contributed by atoms with van der Waals surface area (Å²) in [7, 11) is 1.29. The number of methoxy groups -OCH3 is 1. The van der Waals surface area contributed by atoms with Crippen molar-refractivity contribution < 1.29 is 14.3 Å². The molecule has 0 saturated carbocycles. The number of thioether (sulfide) groups is 1. The molecule has 0 radical (unpaired) electrons. The molecule has 0 fully saturated rings. The molecule has 0 unspecified atom stereocenters. The minimum absolute atomic E-state index is 0.0536. The molecule has 8 heteroatoms. The van der Waals surface area contributed by atoms with Crippen LogP contribution in [0.1, 0.15) is 26.0 Å². The van der Waals surface area contributed by atoms with E-state index in [9.17, 15) is 14.4 Å². The second-order valence-electron chi connectivity index (χ2n) is 5.25. The Morgan fingerprint density at radius 1 is 1.45 bits per heavy atom. The summed E-state index contributed by atoms with van der Waals surface area (Å²) in [6.45, 7) is 5.62. The quantitative estimate of drug-likeness (QED) is 0.438. The maximum absolute atomic E-state index is 11.9. The molecule has 0 aromatic carbocycles. The molecule has 0 bridgehead atoms. The fourth-order valence-electron chi connectivity index (χ4n) is 1.82. The summed E-state index contributed by atoms with van der Waals surface area (Å²) < 4.78 is 4.69. The van der Waals surface area contributed by atoms with Gasteiger partial charge in [-0.2, -0.15) is 0 Å². The molecule has 1 amide bonds. The van der Waals surface area contributed by atoms with Crippen molar-refractivity contribution in [2.45, 2.75) is 38.4 Å². The Balaban J connectivity index is 2.59. The van der Waals surface area contributed by atoms with Gasteiger partial charge in [0.2, 0.25) is 5.91 Å². The number of esters is 1. The van der Waals surface area contributed by atoms with Crippen LogP contribution >= 0.6 is 11.8 Å². The largest absolute Gasteiger partial charge is 0.467 e. The highest BCUT2D eigenvalue weighted by Crippen LogP contribution is 2.11. The van der Waals surface area contributed by atoms with E-state index in [2.05, 4.69) is 20.0 Å². The Bertz CT molecular complexity index is 586. The molecular formula is C14H21N3O4S. The molecule has 0 spiro atoms. The van der Waals surface area contributed by atoms with Crippen LogP contribution in [-0.4, -0.2) is 40.7 Å². The topological polar surface area (TPSA) is 101 Å². The summed E-state index contributed by atoms with van der Waals surface area (Å²) in [5.74, 6) is -0.482. The third kappa shape index (κ3) is 6.30. The monoisotopic (exact) mass is 327 g/mol. The van der Waals surface area contributed by atoms with Crippen LogP contribution in [0.4, 0.5) is 0 Å². The lowest BCUT2D eigenvalue weighted by Crippen LogP contribution is -2.43. The normalized spacial score (nSPS) is 12.0. The number of hydrogen-bond acceptors (Lipinski definition) is 6. The molecule has 2 N–H and O–H groups in total. The summed E-state index contributed by atoms with van der Waals surface area (Å²) in [4.78, 5) is 41.6. The number of aromatic nitrogens is 2. The van der Waals surface area contributed by atoms with Crippen LogP contribution in [-0.2, 0) is 14.3 Å². The zero-order valence-electron chi connectivity index (χ0n) is 13.1. The first kappa shape index (κ1) is 18.2. The molecule has 22 heavy (non-hydrogen) atoms. The lowest BCUT2D eigenvalue weighted by Gasteiger charge is -2.18. The number of hydrogen-bond donors (Lipinski definition) is 2. The number of nitrogens with zero attached hydrogens (tertiary/aromatic N) is 1. The van der Waals surface area contributed by atoms with Crippen molar-refractivity contribution in [2.24, 2.45) is 5.92 Å². The van der Waals surface area contributed by atoms with E-state index < -0.39 is 12.0 Å². The predicted octanol–water partition coefficient (Wildman–Crippen LogP) is 0.874. The maximum Gasteiger partial charge on any atom is 0.328 e. The Morgan fingerprint density at radius 2 is 2.14 bits per heavy atom. The van der Waals surface area contributed by atoms with Gasteiger partial charge < -0.3 is 15.0 Å². The molecule has 0 saturated heterocycles. The van der Waals surface area contributed by atoms with Gasteiger partial charge in [0.15, 0.2) is 5.16 Å². The second-order valence-corrected chi connectivity index (χ2v) is 6.22. The van der Waals surface area contributed by atoms with E-state index >= 15 is 0 Å². The first-order valence-corrected chi connectivity index (χ1v) is 7.88. The van der Waals surface area contributed by atoms with E-state index in [-0.39, 0.29) is 23.1 Å². The molecular weight excluding hydrogens is 306 g/mol. The highest BCUT2D eigenvalue weighted by Gasteiger charge is 2.22.